The van der Waals surface area contributed by atoms with Crippen molar-refractivity contribution < 1.29 is 14.3 Å². The fraction of sp³-hybridized carbons (Fsp3) is 0.559. The van der Waals surface area contributed by atoms with Crippen LogP contribution in [-0.4, -0.2) is 57.3 Å². The molecule has 1 saturated heterocycles. The summed E-state index contributed by atoms with van der Waals surface area (Å²) in [6.07, 6.45) is 3.87. The molecule has 3 aromatic rings. The van der Waals surface area contributed by atoms with Gasteiger partial charge in [-0.3, -0.25) is 9.69 Å². The highest BCUT2D eigenvalue weighted by molar-refractivity contribution is 6.30. The Morgan fingerprint density at radius 3 is 2.10 bits per heavy atom. The summed E-state index contributed by atoms with van der Waals surface area (Å²) >= 11 is 5.83. The van der Waals surface area contributed by atoms with Gasteiger partial charge < -0.3 is 9.47 Å². The number of morpholine rings is 1. The van der Waals surface area contributed by atoms with E-state index in [0.717, 1.165) is 19.5 Å². The highest BCUT2D eigenvalue weighted by Crippen LogP contribution is 2.27. The third kappa shape index (κ3) is 10.5. The van der Waals surface area contributed by atoms with Gasteiger partial charge in [-0.2, -0.15) is 5.10 Å². The minimum absolute atomic E-state index is 0.0852. The molecule has 1 aliphatic heterocycles. The Labute approximate surface area is 257 Å². The number of carbonyl (C=O) groups is 1. The molecule has 1 aromatic heterocycles. The number of hydrogen-bond acceptors (Lipinski definition) is 6. The number of aromatic nitrogens is 3. The van der Waals surface area contributed by atoms with Gasteiger partial charge in [0, 0.05) is 30.1 Å². The van der Waals surface area contributed by atoms with E-state index >= 15 is 0 Å². The van der Waals surface area contributed by atoms with E-state index in [1.165, 1.54) is 35.0 Å². The first-order chi connectivity index (χ1) is 19.6. The Balaban J connectivity index is 0.000000231. The van der Waals surface area contributed by atoms with Crippen molar-refractivity contribution in [2.75, 3.05) is 19.6 Å². The summed E-state index contributed by atoms with van der Waals surface area (Å²) in [6.45, 7) is 22.3. The molecule has 4 atom stereocenters. The van der Waals surface area contributed by atoms with Crippen LogP contribution in [0, 0.1) is 11.3 Å². The first-order valence-electron chi connectivity index (χ1n) is 14.9. The average Bonchev–Trinajstić information content (AvgIpc) is 3.42. The van der Waals surface area contributed by atoms with Crippen molar-refractivity contribution >= 4 is 17.4 Å². The van der Waals surface area contributed by atoms with Gasteiger partial charge in [0.15, 0.2) is 0 Å². The molecule has 2 unspecified atom stereocenters. The molecule has 2 aromatic carbocycles. The summed E-state index contributed by atoms with van der Waals surface area (Å²) in [7, 11) is 0. The quantitative estimate of drug-likeness (QED) is 0.270. The molecule has 0 spiro atoms. The number of rotatable bonds is 8. The van der Waals surface area contributed by atoms with Gasteiger partial charge in [0.2, 0.25) is 5.78 Å². The van der Waals surface area contributed by atoms with Crippen LogP contribution < -0.4 is 4.74 Å². The number of carbonyl (C=O) groups excluding carboxylic acids is 1. The zero-order valence-corrected chi connectivity index (χ0v) is 27.6. The van der Waals surface area contributed by atoms with Crippen molar-refractivity contribution in [1.29, 1.82) is 0 Å². The van der Waals surface area contributed by atoms with Gasteiger partial charge >= 0.3 is 0 Å². The summed E-state index contributed by atoms with van der Waals surface area (Å²) < 4.78 is 13.0. The maximum absolute atomic E-state index is 12.5. The fourth-order valence-corrected chi connectivity index (χ4v) is 5.19. The standard InChI is InChI=1S/C20H33NO.C14H16ClN3O2/c1-15(12-21-13-16(2)22-17(3)14-21)11-18-7-9-19(10-8-18)20(4,5)6;1-14(2,3)12(19)13(18-9-16-8-17-18)20-11-6-4-10(15)5-7-11/h7-10,15-17H,11-14H2,1-6H3;4-9,13H,1-3H3/t15?,16-,17+;. The minimum Gasteiger partial charge on any atom is -0.461 e. The predicted molar refractivity (Wildman–Crippen MR) is 170 cm³/mol. The van der Waals surface area contributed by atoms with E-state index in [1.807, 2.05) is 20.8 Å². The lowest BCUT2D eigenvalue weighted by molar-refractivity contribution is -0.138. The molecule has 0 N–H and O–H groups in total. The molecule has 0 amide bonds. The molecular formula is C34H49ClN4O3. The Morgan fingerprint density at radius 1 is 1.00 bits per heavy atom. The van der Waals surface area contributed by atoms with Crippen LogP contribution in [-0.2, 0) is 21.4 Å². The van der Waals surface area contributed by atoms with Crippen LogP contribution in [0.1, 0.15) is 79.7 Å². The molecule has 2 heterocycles. The summed E-state index contributed by atoms with van der Waals surface area (Å²) in [6, 6.07) is 16.0. The molecule has 0 bridgehead atoms. The van der Waals surface area contributed by atoms with Crippen LogP contribution in [0.15, 0.2) is 61.2 Å². The lowest BCUT2D eigenvalue weighted by Crippen LogP contribution is -2.47. The predicted octanol–water partition coefficient (Wildman–Crippen LogP) is 7.40. The number of hydrogen-bond donors (Lipinski definition) is 0. The lowest BCUT2D eigenvalue weighted by atomic mass is 9.86. The minimum atomic E-state index is -0.848. The number of benzene rings is 2. The van der Waals surface area contributed by atoms with E-state index in [0.29, 0.717) is 28.9 Å². The van der Waals surface area contributed by atoms with Gasteiger partial charge in [-0.25, -0.2) is 9.67 Å². The zero-order valence-electron chi connectivity index (χ0n) is 26.8. The number of ether oxygens (including phenoxy) is 2. The Hall–Kier alpha value is -2.74. The molecule has 8 heteroatoms. The van der Waals surface area contributed by atoms with Crippen molar-refractivity contribution in [3.05, 3.63) is 77.3 Å². The van der Waals surface area contributed by atoms with Gasteiger partial charge in [-0.05, 0) is 67.0 Å². The summed E-state index contributed by atoms with van der Waals surface area (Å²) in [5.41, 5.74) is 2.56. The normalized spacial score (nSPS) is 19.4. The highest BCUT2D eigenvalue weighted by atomic mass is 35.5. The van der Waals surface area contributed by atoms with Crippen molar-refractivity contribution in [1.82, 2.24) is 19.7 Å². The molecular weight excluding hydrogens is 548 g/mol. The van der Waals surface area contributed by atoms with Crippen molar-refractivity contribution in [3.8, 4) is 5.75 Å². The van der Waals surface area contributed by atoms with Crippen LogP contribution in [0.2, 0.25) is 5.02 Å². The monoisotopic (exact) mass is 596 g/mol. The summed E-state index contributed by atoms with van der Waals surface area (Å²) in [4.78, 5) is 18.9. The average molecular weight is 597 g/mol. The Morgan fingerprint density at radius 2 is 1.60 bits per heavy atom. The van der Waals surface area contributed by atoms with Crippen LogP contribution in [0.4, 0.5) is 0 Å². The third-order valence-electron chi connectivity index (χ3n) is 7.17. The molecule has 4 rings (SSSR count). The van der Waals surface area contributed by atoms with Crippen molar-refractivity contribution in [2.45, 2.75) is 92.6 Å². The second-order valence-electron chi connectivity index (χ2n) is 13.6. The van der Waals surface area contributed by atoms with Gasteiger partial charge in [0.1, 0.15) is 18.4 Å². The van der Waals surface area contributed by atoms with Gasteiger partial charge in [-0.1, -0.05) is 84.3 Å². The van der Waals surface area contributed by atoms with Crippen LogP contribution in [0.25, 0.3) is 0 Å². The maximum Gasteiger partial charge on any atom is 0.252 e. The van der Waals surface area contributed by atoms with E-state index in [4.69, 9.17) is 21.1 Å². The van der Waals surface area contributed by atoms with Crippen LogP contribution in [0.3, 0.4) is 0 Å². The highest BCUT2D eigenvalue weighted by Gasteiger charge is 2.33. The fourth-order valence-electron chi connectivity index (χ4n) is 5.06. The van der Waals surface area contributed by atoms with E-state index < -0.39 is 11.6 Å². The number of ketones is 1. The van der Waals surface area contributed by atoms with E-state index in [2.05, 4.69) is 80.8 Å². The van der Waals surface area contributed by atoms with Gasteiger partial charge in [-0.15, -0.1) is 0 Å². The van der Waals surface area contributed by atoms with Crippen molar-refractivity contribution in [3.63, 3.8) is 0 Å². The maximum atomic E-state index is 12.5. The van der Waals surface area contributed by atoms with E-state index in [9.17, 15) is 4.79 Å². The first kappa shape index (κ1) is 33.8. The summed E-state index contributed by atoms with van der Waals surface area (Å²) in [5.74, 6) is 1.14. The molecule has 1 aliphatic rings. The number of nitrogens with zero attached hydrogens (tertiary/aromatic N) is 4. The topological polar surface area (TPSA) is 69.5 Å². The molecule has 7 nitrogen and oxygen atoms in total. The van der Waals surface area contributed by atoms with Crippen LogP contribution in [0.5, 0.6) is 5.75 Å². The lowest BCUT2D eigenvalue weighted by Gasteiger charge is -2.36. The Bertz CT molecular complexity index is 1220. The second kappa shape index (κ2) is 14.6. The van der Waals surface area contributed by atoms with Crippen LogP contribution >= 0.6 is 11.6 Å². The molecule has 230 valence electrons. The molecule has 42 heavy (non-hydrogen) atoms. The largest absolute Gasteiger partial charge is 0.461 e. The Kier molecular flexibility index (Phi) is 11.8. The van der Waals surface area contributed by atoms with Gasteiger partial charge in [0.05, 0.1) is 12.2 Å². The second-order valence-corrected chi connectivity index (χ2v) is 14.1. The molecule has 0 radical (unpaired) electrons. The number of halogens is 1. The SMILES string of the molecule is CC(C)(C)C(=O)C(Oc1ccc(Cl)cc1)n1cncn1.CC(Cc1ccc(C(C)(C)C)cc1)CN1C[C@@H](C)O[C@@H](C)C1. The smallest absolute Gasteiger partial charge is 0.252 e. The van der Waals surface area contributed by atoms with E-state index in [-0.39, 0.29) is 11.2 Å². The zero-order chi connectivity index (χ0) is 31.1. The summed E-state index contributed by atoms with van der Waals surface area (Å²) in [5, 5.41) is 4.61. The first-order valence-corrected chi connectivity index (χ1v) is 15.3. The molecule has 0 aliphatic carbocycles. The van der Waals surface area contributed by atoms with Crippen molar-refractivity contribution in [2.24, 2.45) is 11.3 Å². The number of Topliss-reactive ketones (excluding diaryl/α,β-unsaturated/α-hetero) is 1. The molecule has 1 fully saturated rings. The van der Waals surface area contributed by atoms with E-state index in [1.54, 1.807) is 24.3 Å². The van der Waals surface area contributed by atoms with Gasteiger partial charge in [0.25, 0.3) is 6.23 Å². The molecule has 0 saturated carbocycles. The third-order valence-corrected chi connectivity index (χ3v) is 7.42.